The topological polar surface area (TPSA) is 52.5 Å². The summed E-state index contributed by atoms with van der Waals surface area (Å²) in [6.45, 7) is 1.94. The van der Waals surface area contributed by atoms with Crippen LogP contribution in [0.5, 0.6) is 0 Å². The number of nitrogens with one attached hydrogen (secondary N) is 1. The number of hydrogen-bond donors (Lipinski definition) is 1. The number of aryl methyl sites for hydroxylation is 1. The van der Waals surface area contributed by atoms with Crippen LogP contribution in [0, 0.1) is 18.3 Å². The normalized spacial score (nSPS) is 10.4. The summed E-state index contributed by atoms with van der Waals surface area (Å²) in [5.74, 6) is 0.910. The molecule has 0 saturated heterocycles. The van der Waals surface area contributed by atoms with Crippen LogP contribution in [-0.2, 0) is 0 Å². The lowest BCUT2D eigenvalue weighted by molar-refractivity contribution is 1.17. The number of H-pyrrole nitrogens is 1. The standard InChI is InChI=1S/C15H11N3/c1-10-17-14-6-5-13(8-15(14)18-10)12-4-2-3-11(7-12)9-16/h2-8H,1H3,(H,17,18). The van der Waals surface area contributed by atoms with Gasteiger partial charge in [-0.1, -0.05) is 18.2 Å². The molecule has 1 heterocycles. The molecule has 0 spiro atoms. The van der Waals surface area contributed by atoms with Gasteiger partial charge in [-0.05, 0) is 42.3 Å². The molecule has 3 heteroatoms. The largest absolute Gasteiger partial charge is 0.342 e. The molecule has 2 aromatic carbocycles. The minimum atomic E-state index is 0.672. The van der Waals surface area contributed by atoms with E-state index in [-0.39, 0.29) is 0 Å². The van der Waals surface area contributed by atoms with Crippen molar-refractivity contribution in [1.29, 1.82) is 5.26 Å². The average Bonchev–Trinajstić information content (AvgIpc) is 2.77. The van der Waals surface area contributed by atoms with Crippen LogP contribution in [0.4, 0.5) is 0 Å². The van der Waals surface area contributed by atoms with Gasteiger partial charge in [0.15, 0.2) is 0 Å². The van der Waals surface area contributed by atoms with E-state index >= 15 is 0 Å². The maximum absolute atomic E-state index is 8.92. The Morgan fingerprint density at radius 1 is 1.11 bits per heavy atom. The number of nitriles is 1. The van der Waals surface area contributed by atoms with E-state index in [2.05, 4.69) is 16.0 Å². The number of hydrogen-bond acceptors (Lipinski definition) is 2. The molecule has 0 aliphatic heterocycles. The van der Waals surface area contributed by atoms with Crippen molar-refractivity contribution in [3.63, 3.8) is 0 Å². The Hall–Kier alpha value is -2.60. The van der Waals surface area contributed by atoms with Crippen LogP contribution in [-0.4, -0.2) is 9.97 Å². The number of nitrogens with zero attached hydrogens (tertiary/aromatic N) is 2. The van der Waals surface area contributed by atoms with Gasteiger partial charge in [0, 0.05) is 0 Å². The molecule has 0 unspecified atom stereocenters. The first-order valence-electron chi connectivity index (χ1n) is 5.73. The van der Waals surface area contributed by atoms with E-state index in [9.17, 15) is 0 Å². The molecule has 3 nitrogen and oxygen atoms in total. The number of rotatable bonds is 1. The molecule has 3 aromatic rings. The minimum absolute atomic E-state index is 0.672. The van der Waals surface area contributed by atoms with Crippen LogP contribution in [0.15, 0.2) is 42.5 Å². The molecule has 3 rings (SSSR count). The molecule has 86 valence electrons. The van der Waals surface area contributed by atoms with E-state index in [0.29, 0.717) is 5.56 Å². The van der Waals surface area contributed by atoms with E-state index in [1.807, 2.05) is 43.3 Å². The van der Waals surface area contributed by atoms with Gasteiger partial charge in [0.25, 0.3) is 0 Å². The maximum atomic E-state index is 8.92. The number of aromatic nitrogens is 2. The predicted molar refractivity (Wildman–Crippen MR) is 71.0 cm³/mol. The Balaban J connectivity index is 2.16. The van der Waals surface area contributed by atoms with Crippen molar-refractivity contribution in [3.8, 4) is 17.2 Å². The Bertz CT molecular complexity index is 763. The van der Waals surface area contributed by atoms with Gasteiger partial charge in [-0.2, -0.15) is 5.26 Å². The fourth-order valence-electron chi connectivity index (χ4n) is 2.08. The summed E-state index contributed by atoms with van der Waals surface area (Å²) >= 11 is 0. The van der Waals surface area contributed by atoms with Gasteiger partial charge >= 0.3 is 0 Å². The molecule has 1 N–H and O–H groups in total. The van der Waals surface area contributed by atoms with E-state index in [1.165, 1.54) is 0 Å². The van der Waals surface area contributed by atoms with Crippen molar-refractivity contribution in [2.45, 2.75) is 6.92 Å². The first-order valence-corrected chi connectivity index (χ1v) is 5.73. The summed E-state index contributed by atoms with van der Waals surface area (Å²) in [5.41, 5.74) is 4.77. The second-order valence-corrected chi connectivity index (χ2v) is 4.25. The molecule has 0 atom stereocenters. The fourth-order valence-corrected chi connectivity index (χ4v) is 2.08. The van der Waals surface area contributed by atoms with Crippen LogP contribution < -0.4 is 0 Å². The van der Waals surface area contributed by atoms with Crippen molar-refractivity contribution in [3.05, 3.63) is 53.9 Å². The summed E-state index contributed by atoms with van der Waals surface area (Å²) in [4.78, 5) is 7.62. The molecule has 18 heavy (non-hydrogen) atoms. The van der Waals surface area contributed by atoms with Gasteiger partial charge in [-0.3, -0.25) is 0 Å². The molecule has 0 radical (unpaired) electrons. The summed E-state index contributed by atoms with van der Waals surface area (Å²) in [6.07, 6.45) is 0. The lowest BCUT2D eigenvalue weighted by Crippen LogP contribution is -1.80. The number of fused-ring (bicyclic) bond motifs is 1. The Morgan fingerprint density at radius 2 is 1.94 bits per heavy atom. The van der Waals surface area contributed by atoms with Crippen LogP contribution >= 0.6 is 0 Å². The third kappa shape index (κ3) is 1.74. The Labute approximate surface area is 105 Å². The number of aromatic amines is 1. The summed E-state index contributed by atoms with van der Waals surface area (Å²) in [6, 6.07) is 15.8. The molecule has 0 aliphatic carbocycles. The Morgan fingerprint density at radius 3 is 2.78 bits per heavy atom. The van der Waals surface area contributed by atoms with Crippen molar-refractivity contribution in [1.82, 2.24) is 9.97 Å². The molecule has 0 bridgehead atoms. The van der Waals surface area contributed by atoms with Crippen molar-refractivity contribution < 1.29 is 0 Å². The van der Waals surface area contributed by atoms with E-state index in [4.69, 9.17) is 5.26 Å². The second kappa shape index (κ2) is 4.01. The lowest BCUT2D eigenvalue weighted by atomic mass is 10.0. The molecular formula is C15H11N3. The van der Waals surface area contributed by atoms with Gasteiger partial charge in [0.2, 0.25) is 0 Å². The van der Waals surface area contributed by atoms with E-state index in [0.717, 1.165) is 28.0 Å². The van der Waals surface area contributed by atoms with Crippen LogP contribution in [0.2, 0.25) is 0 Å². The second-order valence-electron chi connectivity index (χ2n) is 4.25. The van der Waals surface area contributed by atoms with Gasteiger partial charge in [-0.25, -0.2) is 4.98 Å². The van der Waals surface area contributed by atoms with Gasteiger partial charge in [-0.15, -0.1) is 0 Å². The Kier molecular flexibility index (Phi) is 2.35. The maximum Gasteiger partial charge on any atom is 0.104 e. The van der Waals surface area contributed by atoms with Crippen LogP contribution in [0.3, 0.4) is 0 Å². The SMILES string of the molecule is Cc1nc2cc(-c3cccc(C#N)c3)ccc2[nH]1. The highest BCUT2D eigenvalue weighted by atomic mass is 14.9. The first-order chi connectivity index (χ1) is 8.76. The van der Waals surface area contributed by atoms with E-state index in [1.54, 1.807) is 6.07 Å². The molecule has 1 aromatic heterocycles. The van der Waals surface area contributed by atoms with Gasteiger partial charge < -0.3 is 4.98 Å². The molecular weight excluding hydrogens is 222 g/mol. The lowest BCUT2D eigenvalue weighted by Gasteiger charge is -2.01. The molecule has 0 saturated carbocycles. The van der Waals surface area contributed by atoms with Gasteiger partial charge in [0.05, 0.1) is 22.7 Å². The third-order valence-corrected chi connectivity index (χ3v) is 2.93. The monoisotopic (exact) mass is 233 g/mol. The highest BCUT2D eigenvalue weighted by molar-refractivity contribution is 5.82. The zero-order valence-electron chi connectivity index (χ0n) is 9.94. The smallest absolute Gasteiger partial charge is 0.104 e. The number of imidazole rings is 1. The van der Waals surface area contributed by atoms with Crippen molar-refractivity contribution in [2.75, 3.05) is 0 Å². The van der Waals surface area contributed by atoms with Crippen LogP contribution in [0.1, 0.15) is 11.4 Å². The van der Waals surface area contributed by atoms with E-state index < -0.39 is 0 Å². The third-order valence-electron chi connectivity index (χ3n) is 2.93. The quantitative estimate of drug-likeness (QED) is 0.700. The minimum Gasteiger partial charge on any atom is -0.342 e. The van der Waals surface area contributed by atoms with Crippen LogP contribution in [0.25, 0.3) is 22.2 Å². The van der Waals surface area contributed by atoms with Crippen molar-refractivity contribution in [2.24, 2.45) is 0 Å². The average molecular weight is 233 g/mol. The highest BCUT2D eigenvalue weighted by Gasteiger charge is 2.03. The molecule has 0 amide bonds. The highest BCUT2D eigenvalue weighted by Crippen LogP contribution is 2.24. The zero-order chi connectivity index (χ0) is 12.5. The molecule has 0 aliphatic rings. The summed E-state index contributed by atoms with van der Waals surface area (Å²) in [5, 5.41) is 8.92. The predicted octanol–water partition coefficient (Wildman–Crippen LogP) is 3.41. The van der Waals surface area contributed by atoms with Gasteiger partial charge in [0.1, 0.15) is 5.82 Å². The zero-order valence-corrected chi connectivity index (χ0v) is 9.94. The first kappa shape index (κ1) is 10.5. The summed E-state index contributed by atoms with van der Waals surface area (Å²) in [7, 11) is 0. The number of benzene rings is 2. The summed E-state index contributed by atoms with van der Waals surface area (Å²) < 4.78 is 0. The molecule has 0 fully saturated rings. The fraction of sp³-hybridized carbons (Fsp3) is 0.0667. The van der Waals surface area contributed by atoms with Crippen molar-refractivity contribution >= 4 is 11.0 Å².